The van der Waals surface area contributed by atoms with E-state index in [4.69, 9.17) is 9.97 Å². The van der Waals surface area contributed by atoms with E-state index in [9.17, 15) is 0 Å². The second kappa shape index (κ2) is 15.5. The third-order valence-corrected chi connectivity index (χ3v) is 13.2. The summed E-state index contributed by atoms with van der Waals surface area (Å²) in [4.78, 5) is 13.2. The van der Waals surface area contributed by atoms with Crippen LogP contribution in [0.2, 0.25) is 0 Å². The van der Waals surface area contributed by atoms with Gasteiger partial charge in [0.05, 0.1) is 22.4 Å². The average Bonchev–Trinajstić information content (AvgIpc) is 3.81. The summed E-state index contributed by atoms with van der Waals surface area (Å²) in [6.07, 6.45) is 0. The first kappa shape index (κ1) is 38.3. The SMILES string of the molecule is CC1(C)c2ccccc2-c2cc3c4cc(N(c5ccc(-c6ccccc6)cc5)c5ccc(-c6ccccc6)cc5)ccc4n(-c4nc(-c5ccccc5)cc(-c5ccccc5)n4)c3cc21. The van der Waals surface area contributed by atoms with Gasteiger partial charge in [-0.2, -0.15) is 0 Å². The summed E-state index contributed by atoms with van der Waals surface area (Å²) in [7, 11) is 0. The van der Waals surface area contributed by atoms with Gasteiger partial charge in [-0.3, -0.25) is 4.57 Å². The summed E-state index contributed by atoms with van der Waals surface area (Å²) in [5, 5.41) is 2.28. The number of fused-ring (bicyclic) bond motifs is 6. The van der Waals surface area contributed by atoms with Gasteiger partial charge in [0, 0.05) is 44.4 Å². The zero-order valence-corrected chi connectivity index (χ0v) is 36.2. The molecular weight excluding hydrogens is 789 g/mol. The lowest BCUT2D eigenvalue weighted by atomic mass is 9.82. The number of aromatic nitrogens is 3. The largest absolute Gasteiger partial charge is 0.310 e. The van der Waals surface area contributed by atoms with Crippen molar-refractivity contribution in [3.05, 3.63) is 242 Å². The molecule has 0 atom stereocenters. The van der Waals surface area contributed by atoms with Crippen molar-refractivity contribution < 1.29 is 0 Å². The minimum atomic E-state index is -0.191. The minimum absolute atomic E-state index is 0.191. The van der Waals surface area contributed by atoms with Crippen LogP contribution in [0, 0.1) is 0 Å². The van der Waals surface area contributed by atoms with Gasteiger partial charge in [-0.05, 0) is 105 Å². The Bertz CT molecular complexity index is 3380. The van der Waals surface area contributed by atoms with Crippen molar-refractivity contribution in [1.82, 2.24) is 14.5 Å². The molecule has 65 heavy (non-hydrogen) atoms. The van der Waals surface area contributed by atoms with Crippen LogP contribution in [0.25, 0.3) is 83.6 Å². The maximum Gasteiger partial charge on any atom is 0.235 e. The Morgan fingerprint density at radius 1 is 0.354 bits per heavy atom. The van der Waals surface area contributed by atoms with Crippen molar-refractivity contribution >= 4 is 38.9 Å². The number of rotatable bonds is 8. The molecule has 0 N–H and O–H groups in total. The van der Waals surface area contributed by atoms with E-state index in [1.807, 2.05) is 12.1 Å². The summed E-state index contributed by atoms with van der Waals surface area (Å²) in [5.74, 6) is 0.635. The topological polar surface area (TPSA) is 34.0 Å². The first-order chi connectivity index (χ1) is 32.0. The highest BCUT2D eigenvalue weighted by Gasteiger charge is 2.36. The van der Waals surface area contributed by atoms with Crippen LogP contribution in [0.15, 0.2) is 231 Å². The quantitative estimate of drug-likeness (QED) is 0.153. The van der Waals surface area contributed by atoms with Crippen molar-refractivity contribution in [1.29, 1.82) is 0 Å². The van der Waals surface area contributed by atoms with Crippen LogP contribution in [-0.2, 0) is 5.41 Å². The fourth-order valence-corrected chi connectivity index (χ4v) is 9.92. The summed E-state index contributed by atoms with van der Waals surface area (Å²) >= 11 is 0. The van der Waals surface area contributed by atoms with E-state index < -0.39 is 0 Å². The van der Waals surface area contributed by atoms with Crippen LogP contribution in [0.5, 0.6) is 0 Å². The van der Waals surface area contributed by atoms with E-state index in [-0.39, 0.29) is 5.41 Å². The van der Waals surface area contributed by atoms with Gasteiger partial charge in [-0.15, -0.1) is 0 Å². The summed E-state index contributed by atoms with van der Waals surface area (Å²) in [6, 6.07) is 82.6. The Balaban J connectivity index is 1.10. The lowest BCUT2D eigenvalue weighted by molar-refractivity contribution is 0.661. The predicted octanol–water partition coefficient (Wildman–Crippen LogP) is 16.0. The van der Waals surface area contributed by atoms with Gasteiger partial charge in [-0.1, -0.05) is 184 Å². The molecule has 0 unspecified atom stereocenters. The lowest BCUT2D eigenvalue weighted by Crippen LogP contribution is -2.15. The van der Waals surface area contributed by atoms with E-state index in [2.05, 4.69) is 242 Å². The van der Waals surface area contributed by atoms with Crippen LogP contribution < -0.4 is 4.90 Å². The molecule has 1 aliphatic carbocycles. The van der Waals surface area contributed by atoms with Crippen LogP contribution in [0.1, 0.15) is 25.0 Å². The van der Waals surface area contributed by atoms with Crippen LogP contribution in [-0.4, -0.2) is 14.5 Å². The molecule has 4 nitrogen and oxygen atoms in total. The summed E-state index contributed by atoms with van der Waals surface area (Å²) in [5.41, 5.74) is 18.9. The molecule has 0 saturated heterocycles. The fourth-order valence-electron chi connectivity index (χ4n) is 9.92. The van der Waals surface area contributed by atoms with Gasteiger partial charge >= 0.3 is 0 Å². The Morgan fingerprint density at radius 2 is 0.800 bits per heavy atom. The second-order valence-corrected chi connectivity index (χ2v) is 17.5. The van der Waals surface area contributed by atoms with Crippen LogP contribution >= 0.6 is 0 Å². The Labute approximate surface area is 379 Å². The minimum Gasteiger partial charge on any atom is -0.310 e. The average molecular weight is 833 g/mol. The third kappa shape index (κ3) is 6.61. The molecule has 0 aliphatic heterocycles. The van der Waals surface area contributed by atoms with Gasteiger partial charge in [-0.25, -0.2) is 9.97 Å². The highest BCUT2D eigenvalue weighted by Crippen LogP contribution is 2.51. The second-order valence-electron chi connectivity index (χ2n) is 17.5. The Kier molecular flexibility index (Phi) is 9.13. The number of hydrogen-bond acceptors (Lipinski definition) is 3. The molecule has 9 aromatic carbocycles. The zero-order chi connectivity index (χ0) is 43.5. The lowest BCUT2D eigenvalue weighted by Gasteiger charge is -2.26. The molecule has 0 fully saturated rings. The standard InChI is InChI=1S/C61H44N4/c1-61(2)54-26-16-15-25-50(54)51-38-53-52-37-49(64(47-31-27-43(28-32-47)41-17-7-3-8-18-41)48-33-29-44(30-34-48)42-19-9-4-10-20-42)35-36-58(52)65(59(53)39-55(51)61)60-62-56(45-21-11-5-12-22-45)40-57(63-60)46-23-13-6-14-24-46/h3-40H,1-2H3. The van der Waals surface area contributed by atoms with Gasteiger partial charge in [0.1, 0.15) is 0 Å². The predicted molar refractivity (Wildman–Crippen MR) is 270 cm³/mol. The van der Waals surface area contributed by atoms with E-state index in [0.29, 0.717) is 5.95 Å². The van der Waals surface area contributed by atoms with E-state index in [1.54, 1.807) is 0 Å². The van der Waals surface area contributed by atoms with Gasteiger partial charge in [0.15, 0.2) is 0 Å². The maximum absolute atomic E-state index is 5.40. The van der Waals surface area contributed by atoms with E-state index >= 15 is 0 Å². The molecule has 2 heterocycles. The first-order valence-electron chi connectivity index (χ1n) is 22.3. The first-order valence-corrected chi connectivity index (χ1v) is 22.3. The number of hydrogen-bond donors (Lipinski definition) is 0. The monoisotopic (exact) mass is 832 g/mol. The summed E-state index contributed by atoms with van der Waals surface area (Å²) < 4.78 is 2.29. The van der Waals surface area contributed by atoms with Gasteiger partial charge < -0.3 is 4.90 Å². The van der Waals surface area contributed by atoms with Crippen molar-refractivity contribution in [2.24, 2.45) is 0 Å². The number of anilines is 3. The van der Waals surface area contributed by atoms with Gasteiger partial charge in [0.2, 0.25) is 5.95 Å². The molecule has 11 aromatic rings. The smallest absolute Gasteiger partial charge is 0.235 e. The highest BCUT2D eigenvalue weighted by molar-refractivity contribution is 6.13. The number of nitrogens with zero attached hydrogens (tertiary/aromatic N) is 4. The Morgan fingerprint density at radius 3 is 1.34 bits per heavy atom. The molecule has 4 heteroatoms. The molecule has 0 radical (unpaired) electrons. The maximum atomic E-state index is 5.40. The molecule has 0 bridgehead atoms. The number of benzene rings is 9. The Hall–Kier alpha value is -8.34. The van der Waals surface area contributed by atoms with Crippen molar-refractivity contribution in [3.63, 3.8) is 0 Å². The van der Waals surface area contributed by atoms with Crippen LogP contribution in [0.4, 0.5) is 17.1 Å². The summed E-state index contributed by atoms with van der Waals surface area (Å²) in [6.45, 7) is 4.69. The normalized spacial score (nSPS) is 12.6. The van der Waals surface area contributed by atoms with Gasteiger partial charge in [0.25, 0.3) is 0 Å². The molecule has 0 spiro atoms. The van der Waals surface area contributed by atoms with Crippen molar-refractivity contribution in [3.8, 4) is 61.8 Å². The molecule has 1 aliphatic rings. The molecule has 0 amide bonds. The fraction of sp³-hybridized carbons (Fsp3) is 0.0492. The molecule has 2 aromatic heterocycles. The zero-order valence-electron chi connectivity index (χ0n) is 36.2. The highest BCUT2D eigenvalue weighted by atomic mass is 15.2. The molecule has 308 valence electrons. The third-order valence-electron chi connectivity index (χ3n) is 13.2. The molecule has 0 saturated carbocycles. The van der Waals surface area contributed by atoms with Crippen LogP contribution in [0.3, 0.4) is 0 Å². The van der Waals surface area contributed by atoms with Crippen molar-refractivity contribution in [2.45, 2.75) is 19.3 Å². The molecule has 12 rings (SSSR count). The van der Waals surface area contributed by atoms with E-state index in [0.717, 1.165) is 61.4 Å². The molecular formula is C61H44N4. The van der Waals surface area contributed by atoms with Crippen molar-refractivity contribution in [2.75, 3.05) is 4.90 Å². The van der Waals surface area contributed by atoms with E-state index in [1.165, 1.54) is 44.5 Å².